The van der Waals surface area contributed by atoms with E-state index in [4.69, 9.17) is 0 Å². The minimum atomic E-state index is 0.0875. The third-order valence-corrected chi connectivity index (χ3v) is 5.23. The van der Waals surface area contributed by atoms with Gasteiger partial charge >= 0.3 is 0 Å². The van der Waals surface area contributed by atoms with Crippen molar-refractivity contribution in [1.82, 2.24) is 0 Å². The number of hydrogen-bond acceptors (Lipinski definition) is 2. The van der Waals surface area contributed by atoms with Gasteiger partial charge in [-0.05, 0) is 51.3 Å². The Morgan fingerprint density at radius 2 is 1.79 bits per heavy atom. The smallest absolute Gasteiger partial charge is 0.203 e. The molecule has 0 aliphatic carbocycles. The van der Waals surface area contributed by atoms with Crippen molar-refractivity contribution in [3.63, 3.8) is 0 Å². The van der Waals surface area contributed by atoms with Crippen molar-refractivity contribution in [3.8, 4) is 0 Å². The molecule has 1 aromatic heterocycles. The number of halogens is 1. The lowest BCUT2D eigenvalue weighted by Gasteiger charge is -2.01. The Bertz CT molecular complexity index is 754. The Labute approximate surface area is 124 Å². The number of fused-ring (bicyclic) bond motifs is 1. The molecule has 0 radical (unpaired) electrons. The fraction of sp³-hybridized carbons (Fsp3) is 0.0625. The van der Waals surface area contributed by atoms with E-state index in [1.54, 1.807) is 0 Å². The van der Waals surface area contributed by atoms with Crippen LogP contribution < -0.4 is 0 Å². The van der Waals surface area contributed by atoms with Crippen molar-refractivity contribution in [2.45, 2.75) is 6.92 Å². The van der Waals surface area contributed by atoms with Gasteiger partial charge in [-0.15, -0.1) is 11.3 Å². The van der Waals surface area contributed by atoms with Gasteiger partial charge in [-0.1, -0.05) is 36.4 Å². The van der Waals surface area contributed by atoms with Gasteiger partial charge in [-0.3, -0.25) is 4.79 Å². The largest absolute Gasteiger partial charge is 0.288 e. The lowest BCUT2D eigenvalue weighted by Crippen LogP contribution is -1.98. The highest BCUT2D eigenvalue weighted by Crippen LogP contribution is 2.29. The predicted molar refractivity (Wildman–Crippen MR) is 84.1 cm³/mol. The van der Waals surface area contributed by atoms with Crippen LogP contribution in [-0.2, 0) is 0 Å². The van der Waals surface area contributed by atoms with Crippen molar-refractivity contribution in [1.29, 1.82) is 0 Å². The van der Waals surface area contributed by atoms with Gasteiger partial charge in [-0.2, -0.15) is 0 Å². The van der Waals surface area contributed by atoms with Crippen LogP contribution in [0.4, 0.5) is 0 Å². The molecule has 1 nitrogen and oxygen atoms in total. The molecule has 0 saturated carbocycles. The van der Waals surface area contributed by atoms with E-state index in [9.17, 15) is 4.79 Å². The number of ketones is 1. The fourth-order valence-electron chi connectivity index (χ4n) is 2.04. The molecular weight excluding hydrogens is 320 g/mol. The van der Waals surface area contributed by atoms with E-state index in [1.165, 1.54) is 11.3 Å². The van der Waals surface area contributed by atoms with Crippen LogP contribution in [0.5, 0.6) is 0 Å². The van der Waals surface area contributed by atoms with Gasteiger partial charge in [0.15, 0.2) is 0 Å². The van der Waals surface area contributed by atoms with E-state index in [1.807, 2.05) is 49.4 Å². The lowest BCUT2D eigenvalue weighted by atomic mass is 10.0. The first-order valence-corrected chi connectivity index (χ1v) is 7.55. The van der Waals surface area contributed by atoms with Gasteiger partial charge in [-0.25, -0.2) is 0 Å². The molecule has 94 valence electrons. The first kappa shape index (κ1) is 12.6. The van der Waals surface area contributed by atoms with Crippen LogP contribution >= 0.6 is 27.3 Å². The molecule has 0 bridgehead atoms. The van der Waals surface area contributed by atoms with E-state index in [0.717, 1.165) is 30.6 Å². The molecule has 3 aromatic rings. The molecule has 1 heterocycles. The van der Waals surface area contributed by atoms with E-state index >= 15 is 0 Å². The molecule has 0 fully saturated rings. The van der Waals surface area contributed by atoms with Gasteiger partial charge in [0.25, 0.3) is 0 Å². The number of benzene rings is 2. The van der Waals surface area contributed by atoms with E-state index in [0.29, 0.717) is 0 Å². The minimum Gasteiger partial charge on any atom is -0.288 e. The maximum absolute atomic E-state index is 12.4. The van der Waals surface area contributed by atoms with Crippen LogP contribution in [0.1, 0.15) is 20.8 Å². The number of aryl methyl sites for hydroxylation is 1. The standard InChI is InChI=1S/C16H11BrOS/c1-10-8-14(19-16(10)17)15(18)13-7-6-11-4-2-3-5-12(11)9-13/h2-9H,1H3. The quantitative estimate of drug-likeness (QED) is 0.590. The van der Waals surface area contributed by atoms with E-state index in [2.05, 4.69) is 22.0 Å². The average molecular weight is 331 g/mol. The van der Waals surface area contributed by atoms with E-state index < -0.39 is 0 Å². The molecule has 0 spiro atoms. The van der Waals surface area contributed by atoms with Crippen LogP contribution in [0.15, 0.2) is 52.3 Å². The number of rotatable bonds is 2. The molecule has 0 N–H and O–H groups in total. The summed E-state index contributed by atoms with van der Waals surface area (Å²) in [7, 11) is 0. The van der Waals surface area contributed by atoms with Crippen molar-refractivity contribution < 1.29 is 4.79 Å². The van der Waals surface area contributed by atoms with Crippen molar-refractivity contribution in [2.24, 2.45) is 0 Å². The second-order valence-electron chi connectivity index (χ2n) is 4.46. The lowest BCUT2D eigenvalue weighted by molar-refractivity contribution is 0.104. The molecule has 3 heteroatoms. The maximum Gasteiger partial charge on any atom is 0.203 e. The fourth-order valence-corrected chi connectivity index (χ4v) is 3.54. The Balaban J connectivity index is 2.06. The van der Waals surface area contributed by atoms with Crippen molar-refractivity contribution in [2.75, 3.05) is 0 Å². The summed E-state index contributed by atoms with van der Waals surface area (Å²) < 4.78 is 1.02. The molecule has 0 saturated heterocycles. The monoisotopic (exact) mass is 330 g/mol. The van der Waals surface area contributed by atoms with Gasteiger partial charge in [0.2, 0.25) is 5.78 Å². The molecule has 0 atom stereocenters. The Hall–Kier alpha value is -1.45. The van der Waals surface area contributed by atoms with Crippen LogP contribution in [0, 0.1) is 6.92 Å². The highest BCUT2D eigenvalue weighted by Gasteiger charge is 2.13. The SMILES string of the molecule is Cc1cc(C(=O)c2ccc3ccccc3c2)sc1Br. The zero-order valence-electron chi connectivity index (χ0n) is 10.3. The summed E-state index contributed by atoms with van der Waals surface area (Å²) in [6.07, 6.45) is 0. The zero-order chi connectivity index (χ0) is 13.4. The zero-order valence-corrected chi connectivity index (χ0v) is 12.7. The van der Waals surface area contributed by atoms with Gasteiger partial charge in [0.05, 0.1) is 8.66 Å². The summed E-state index contributed by atoms with van der Waals surface area (Å²) in [5.41, 5.74) is 1.85. The van der Waals surface area contributed by atoms with Gasteiger partial charge in [0, 0.05) is 5.56 Å². The second-order valence-corrected chi connectivity index (χ2v) is 6.83. The summed E-state index contributed by atoms with van der Waals surface area (Å²) in [5.74, 6) is 0.0875. The van der Waals surface area contributed by atoms with Gasteiger partial charge in [0.1, 0.15) is 0 Å². The van der Waals surface area contributed by atoms with Gasteiger partial charge < -0.3 is 0 Å². The average Bonchev–Trinajstić information content (AvgIpc) is 2.77. The van der Waals surface area contributed by atoms with Crippen LogP contribution in [0.2, 0.25) is 0 Å². The third-order valence-electron chi connectivity index (χ3n) is 3.09. The number of carbonyl (C=O) groups is 1. The molecule has 0 aliphatic rings. The number of carbonyl (C=O) groups excluding carboxylic acids is 1. The molecular formula is C16H11BrOS. The topological polar surface area (TPSA) is 17.1 Å². The number of thiophene rings is 1. The Morgan fingerprint density at radius 1 is 1.05 bits per heavy atom. The molecule has 0 amide bonds. The highest BCUT2D eigenvalue weighted by molar-refractivity contribution is 9.11. The van der Waals surface area contributed by atoms with Crippen molar-refractivity contribution in [3.05, 3.63) is 68.3 Å². The summed E-state index contributed by atoms with van der Waals surface area (Å²) >= 11 is 4.95. The van der Waals surface area contributed by atoms with E-state index in [-0.39, 0.29) is 5.78 Å². The van der Waals surface area contributed by atoms with Crippen LogP contribution in [0.3, 0.4) is 0 Å². The molecule has 3 rings (SSSR count). The third kappa shape index (κ3) is 2.36. The normalized spacial score (nSPS) is 10.8. The Kier molecular flexibility index (Phi) is 3.25. The first-order valence-electron chi connectivity index (χ1n) is 5.94. The molecule has 0 aliphatic heterocycles. The summed E-state index contributed by atoms with van der Waals surface area (Å²) in [4.78, 5) is 13.2. The van der Waals surface area contributed by atoms with Crippen LogP contribution in [0.25, 0.3) is 10.8 Å². The molecule has 0 unspecified atom stereocenters. The van der Waals surface area contributed by atoms with Crippen molar-refractivity contribution >= 4 is 43.8 Å². The highest BCUT2D eigenvalue weighted by atomic mass is 79.9. The maximum atomic E-state index is 12.4. The number of hydrogen-bond donors (Lipinski definition) is 0. The minimum absolute atomic E-state index is 0.0875. The second kappa shape index (κ2) is 4.91. The molecule has 2 aromatic carbocycles. The Morgan fingerprint density at radius 3 is 2.47 bits per heavy atom. The van der Waals surface area contributed by atoms with Crippen LogP contribution in [-0.4, -0.2) is 5.78 Å². The summed E-state index contributed by atoms with van der Waals surface area (Å²) in [6, 6.07) is 15.9. The summed E-state index contributed by atoms with van der Waals surface area (Å²) in [5, 5.41) is 2.25. The first-order chi connectivity index (χ1) is 9.15. The molecule has 19 heavy (non-hydrogen) atoms. The predicted octanol–water partition coefficient (Wildman–Crippen LogP) is 5.20. The summed E-state index contributed by atoms with van der Waals surface area (Å²) in [6.45, 7) is 2.00.